The fourth-order valence-corrected chi connectivity index (χ4v) is 4.96. The molecule has 1 nitrogen and oxygen atoms in total. The second-order valence-electron chi connectivity index (χ2n) is 4.33. The maximum absolute atomic E-state index is 4.74. The molecule has 3 heteroatoms. The lowest BCUT2D eigenvalue weighted by Gasteiger charge is -2.18. The lowest BCUT2D eigenvalue weighted by Crippen LogP contribution is -2.23. The highest BCUT2D eigenvalue weighted by molar-refractivity contribution is 14.1. The summed E-state index contributed by atoms with van der Waals surface area (Å²) < 4.78 is 1.04. The van der Waals surface area contributed by atoms with Crippen molar-refractivity contribution in [3.63, 3.8) is 0 Å². The largest absolute Gasteiger partial charge is 0.241 e. The van der Waals surface area contributed by atoms with E-state index in [0.717, 1.165) is 9.14 Å². The van der Waals surface area contributed by atoms with E-state index >= 15 is 0 Å². The summed E-state index contributed by atoms with van der Waals surface area (Å²) in [4.78, 5) is 4.74. The molecule has 2 aromatic carbocycles. The minimum Gasteiger partial charge on any atom is -0.241 e. The Morgan fingerprint density at radius 3 is 1.70 bits per heavy atom. The molecular formula is C17H13INP. The van der Waals surface area contributed by atoms with E-state index in [-0.39, 0.29) is 0 Å². The fraction of sp³-hybridized carbons (Fsp3) is 0. The molecule has 0 aliphatic heterocycles. The van der Waals surface area contributed by atoms with Gasteiger partial charge < -0.3 is 0 Å². The molecule has 3 rings (SSSR count). The first-order valence-corrected chi connectivity index (χ1v) is 8.79. The molecule has 3 aromatic rings. The molecule has 0 amide bonds. The van der Waals surface area contributed by atoms with Crippen LogP contribution in [-0.4, -0.2) is 4.98 Å². The first-order chi connectivity index (χ1) is 9.84. The van der Waals surface area contributed by atoms with Gasteiger partial charge in [0.2, 0.25) is 0 Å². The fourth-order valence-electron chi connectivity index (χ4n) is 2.09. The van der Waals surface area contributed by atoms with Crippen LogP contribution in [0.2, 0.25) is 0 Å². The van der Waals surface area contributed by atoms with E-state index in [1.165, 1.54) is 10.6 Å². The smallest absolute Gasteiger partial charge is 0.102 e. The number of pyridine rings is 1. The van der Waals surface area contributed by atoms with Crippen LogP contribution >= 0.6 is 30.5 Å². The lowest BCUT2D eigenvalue weighted by molar-refractivity contribution is 1.33. The second-order valence-corrected chi connectivity index (χ2v) is 7.59. The van der Waals surface area contributed by atoms with E-state index < -0.39 is 7.92 Å². The van der Waals surface area contributed by atoms with Crippen LogP contribution in [0.4, 0.5) is 0 Å². The number of rotatable bonds is 3. The van der Waals surface area contributed by atoms with Gasteiger partial charge in [-0.25, -0.2) is 4.98 Å². The molecule has 0 bridgehead atoms. The summed E-state index contributed by atoms with van der Waals surface area (Å²) in [6, 6.07) is 27.5. The molecular weight excluding hydrogens is 376 g/mol. The molecule has 1 heterocycles. The molecule has 0 unspecified atom stereocenters. The van der Waals surface area contributed by atoms with Gasteiger partial charge in [-0.15, -0.1) is 0 Å². The van der Waals surface area contributed by atoms with Crippen molar-refractivity contribution in [3.8, 4) is 0 Å². The summed E-state index contributed by atoms with van der Waals surface area (Å²) in [5.41, 5.74) is 1.16. The second kappa shape index (κ2) is 6.47. The Bertz CT molecular complexity index is 646. The molecule has 20 heavy (non-hydrogen) atoms. The Kier molecular flexibility index (Phi) is 4.44. The maximum atomic E-state index is 4.74. The molecule has 0 saturated carbocycles. The van der Waals surface area contributed by atoms with Gasteiger partial charge in [-0.05, 0) is 45.3 Å². The number of aromatic nitrogens is 1. The monoisotopic (exact) mass is 389 g/mol. The van der Waals surface area contributed by atoms with Crippen LogP contribution in [0, 0.1) is 3.70 Å². The van der Waals surface area contributed by atoms with Crippen LogP contribution in [-0.2, 0) is 0 Å². The van der Waals surface area contributed by atoms with Crippen molar-refractivity contribution < 1.29 is 0 Å². The summed E-state index contributed by atoms with van der Waals surface area (Å²) in [5.74, 6) is 0. The Balaban J connectivity index is 2.14. The van der Waals surface area contributed by atoms with Crippen molar-refractivity contribution in [3.05, 3.63) is 82.6 Å². The Labute approximate surface area is 134 Å². The highest BCUT2D eigenvalue weighted by atomic mass is 127. The summed E-state index contributed by atoms with van der Waals surface area (Å²) in [5, 5.41) is 2.67. The number of nitrogens with zero attached hydrogens (tertiary/aromatic N) is 1. The topological polar surface area (TPSA) is 12.9 Å². The predicted octanol–water partition coefficient (Wildman–Crippen LogP) is 3.44. The van der Waals surface area contributed by atoms with Crippen LogP contribution in [0.25, 0.3) is 0 Å². The first-order valence-electron chi connectivity index (χ1n) is 6.37. The van der Waals surface area contributed by atoms with E-state index in [1.807, 2.05) is 6.07 Å². The van der Waals surface area contributed by atoms with E-state index in [2.05, 4.69) is 95.4 Å². The molecule has 0 aliphatic carbocycles. The minimum absolute atomic E-state index is 0.578. The Morgan fingerprint density at radius 1 is 0.650 bits per heavy atom. The molecule has 98 valence electrons. The molecule has 0 fully saturated rings. The predicted molar refractivity (Wildman–Crippen MR) is 95.7 cm³/mol. The van der Waals surface area contributed by atoms with E-state index in [1.54, 1.807) is 0 Å². The van der Waals surface area contributed by atoms with E-state index in [9.17, 15) is 0 Å². The van der Waals surface area contributed by atoms with Gasteiger partial charge in [-0.1, -0.05) is 66.7 Å². The normalized spacial score (nSPS) is 10.7. The zero-order valence-corrected chi connectivity index (χ0v) is 13.8. The van der Waals surface area contributed by atoms with Gasteiger partial charge in [0.05, 0.1) is 5.44 Å². The molecule has 0 spiro atoms. The molecule has 0 aliphatic rings. The zero-order chi connectivity index (χ0) is 13.8. The first kappa shape index (κ1) is 13.7. The van der Waals surface area contributed by atoms with Crippen molar-refractivity contribution in [2.24, 2.45) is 0 Å². The zero-order valence-electron chi connectivity index (χ0n) is 10.8. The summed E-state index contributed by atoms with van der Waals surface area (Å²) in [7, 11) is -0.578. The molecule has 1 aromatic heterocycles. The minimum atomic E-state index is -0.578. The molecule has 0 N–H and O–H groups in total. The van der Waals surface area contributed by atoms with Gasteiger partial charge in [0, 0.05) is 7.92 Å². The van der Waals surface area contributed by atoms with Gasteiger partial charge in [-0.3, -0.25) is 0 Å². The Hall–Kier alpha value is -1.25. The van der Waals surface area contributed by atoms with Crippen LogP contribution in [0.1, 0.15) is 0 Å². The van der Waals surface area contributed by atoms with Crippen molar-refractivity contribution in [2.75, 3.05) is 0 Å². The van der Waals surface area contributed by atoms with Crippen LogP contribution in [0.15, 0.2) is 78.9 Å². The summed E-state index contributed by atoms with van der Waals surface area (Å²) in [6.45, 7) is 0. The van der Waals surface area contributed by atoms with Crippen LogP contribution in [0.5, 0.6) is 0 Å². The molecule has 0 atom stereocenters. The van der Waals surface area contributed by atoms with Gasteiger partial charge >= 0.3 is 0 Å². The quantitative estimate of drug-likeness (QED) is 0.380. The number of hydrogen-bond acceptors (Lipinski definition) is 1. The van der Waals surface area contributed by atoms with Gasteiger partial charge in [-0.2, -0.15) is 0 Å². The van der Waals surface area contributed by atoms with Crippen molar-refractivity contribution in [1.29, 1.82) is 0 Å². The van der Waals surface area contributed by atoms with Crippen molar-refractivity contribution >= 4 is 46.6 Å². The number of benzene rings is 2. The van der Waals surface area contributed by atoms with E-state index in [0.29, 0.717) is 0 Å². The number of halogens is 1. The highest BCUT2D eigenvalue weighted by Gasteiger charge is 2.17. The van der Waals surface area contributed by atoms with Gasteiger partial charge in [0.25, 0.3) is 0 Å². The molecule has 0 saturated heterocycles. The third-order valence-electron chi connectivity index (χ3n) is 2.96. The summed E-state index contributed by atoms with van der Waals surface area (Å²) >= 11 is 2.28. The standard InChI is InChI=1S/C17H13INP/c18-16-12-7-13-17(19-16)20(14-8-3-1-4-9-14)15-10-5-2-6-11-15/h1-13H. The Morgan fingerprint density at radius 2 is 1.20 bits per heavy atom. The summed E-state index contributed by atoms with van der Waals surface area (Å²) in [6.07, 6.45) is 0. The molecule has 0 radical (unpaired) electrons. The lowest BCUT2D eigenvalue weighted by atomic mass is 10.4. The highest BCUT2D eigenvalue weighted by Crippen LogP contribution is 2.31. The maximum Gasteiger partial charge on any atom is 0.102 e. The van der Waals surface area contributed by atoms with Crippen molar-refractivity contribution in [2.45, 2.75) is 0 Å². The average Bonchev–Trinajstić information content (AvgIpc) is 2.50. The van der Waals surface area contributed by atoms with Crippen LogP contribution < -0.4 is 16.0 Å². The van der Waals surface area contributed by atoms with Gasteiger partial charge in [0.1, 0.15) is 3.70 Å². The van der Waals surface area contributed by atoms with Crippen molar-refractivity contribution in [1.82, 2.24) is 4.98 Å². The third kappa shape index (κ3) is 3.08. The van der Waals surface area contributed by atoms with Gasteiger partial charge in [0.15, 0.2) is 0 Å². The average molecular weight is 389 g/mol. The van der Waals surface area contributed by atoms with Crippen LogP contribution in [0.3, 0.4) is 0 Å². The number of hydrogen-bond donors (Lipinski definition) is 0. The third-order valence-corrected chi connectivity index (χ3v) is 5.90. The van der Waals surface area contributed by atoms with E-state index in [4.69, 9.17) is 4.98 Å². The SMILES string of the molecule is Ic1cccc(P(c2ccccc2)c2ccccc2)n1.